The molecule has 1 N–H and O–H groups in total. The number of nitrogens with one attached hydrogen (secondary N) is 1. The van der Waals surface area contributed by atoms with Crippen molar-refractivity contribution < 1.29 is 9.21 Å². The zero-order valence-electron chi connectivity index (χ0n) is 14.9. The van der Waals surface area contributed by atoms with Gasteiger partial charge in [0.25, 0.3) is 0 Å². The number of carbonyl (C=O) groups is 1. The van der Waals surface area contributed by atoms with Crippen molar-refractivity contribution in [2.75, 3.05) is 32.7 Å². The van der Waals surface area contributed by atoms with E-state index in [0.717, 1.165) is 61.6 Å². The predicted octanol–water partition coefficient (Wildman–Crippen LogP) is 0.955. The van der Waals surface area contributed by atoms with Gasteiger partial charge in [0.2, 0.25) is 5.91 Å². The van der Waals surface area contributed by atoms with Gasteiger partial charge in [0, 0.05) is 39.8 Å². The summed E-state index contributed by atoms with van der Waals surface area (Å²) in [6.45, 7) is 4.98. The molecule has 2 aliphatic heterocycles. The Kier molecular flexibility index (Phi) is 5.28. The van der Waals surface area contributed by atoms with Gasteiger partial charge < -0.3 is 19.2 Å². The van der Waals surface area contributed by atoms with Crippen LogP contribution < -0.4 is 5.32 Å². The molecular formula is C17H24N6O2S. The van der Waals surface area contributed by atoms with Crippen molar-refractivity contribution in [3.8, 4) is 0 Å². The summed E-state index contributed by atoms with van der Waals surface area (Å²) in [6, 6.07) is 3.85. The van der Waals surface area contributed by atoms with Gasteiger partial charge in [-0.25, -0.2) is 0 Å². The van der Waals surface area contributed by atoms with E-state index in [2.05, 4.69) is 20.4 Å². The summed E-state index contributed by atoms with van der Waals surface area (Å²) in [5.74, 6) is 1.15. The average molecular weight is 376 g/mol. The molecule has 140 valence electrons. The van der Waals surface area contributed by atoms with Gasteiger partial charge >= 0.3 is 0 Å². The average Bonchev–Trinajstić information content (AvgIpc) is 3.39. The van der Waals surface area contributed by atoms with E-state index in [9.17, 15) is 4.79 Å². The van der Waals surface area contributed by atoms with E-state index < -0.39 is 0 Å². The number of hydrogen-bond acceptors (Lipinski definition) is 7. The van der Waals surface area contributed by atoms with Gasteiger partial charge in [-0.05, 0) is 36.7 Å². The molecule has 0 radical (unpaired) electrons. The minimum Gasteiger partial charge on any atom is -0.453 e. The minimum atomic E-state index is -0.107. The largest absolute Gasteiger partial charge is 0.453 e. The maximum Gasteiger partial charge on any atom is 0.241 e. The molecule has 1 amide bonds. The number of rotatable bonds is 5. The van der Waals surface area contributed by atoms with Crippen molar-refractivity contribution in [2.24, 2.45) is 7.05 Å². The highest BCUT2D eigenvalue weighted by Gasteiger charge is 2.30. The molecule has 0 saturated carbocycles. The molecule has 2 aromatic rings. The Balaban J connectivity index is 1.33. The van der Waals surface area contributed by atoms with Gasteiger partial charge in [-0.2, -0.15) is 0 Å². The fraction of sp³-hybridized carbons (Fsp3) is 0.588. The van der Waals surface area contributed by atoms with Gasteiger partial charge in [-0.3, -0.25) is 9.69 Å². The number of likely N-dealkylation sites (tertiary alicyclic amines) is 1. The van der Waals surface area contributed by atoms with Crippen LogP contribution in [0.15, 0.2) is 33.1 Å². The third-order valence-corrected chi connectivity index (χ3v) is 5.83. The molecule has 2 aromatic heterocycles. The summed E-state index contributed by atoms with van der Waals surface area (Å²) in [7, 11) is 1.91. The van der Waals surface area contributed by atoms with E-state index in [4.69, 9.17) is 4.42 Å². The highest BCUT2D eigenvalue weighted by molar-refractivity contribution is 7.99. The van der Waals surface area contributed by atoms with Gasteiger partial charge in [-0.1, -0.05) is 0 Å². The van der Waals surface area contributed by atoms with Crippen molar-refractivity contribution in [3.05, 3.63) is 24.2 Å². The molecule has 2 aliphatic rings. The Bertz CT molecular complexity index is 754. The first-order valence-electron chi connectivity index (χ1n) is 9.04. The summed E-state index contributed by atoms with van der Waals surface area (Å²) in [5, 5.41) is 12.9. The van der Waals surface area contributed by atoms with Crippen LogP contribution >= 0.6 is 11.8 Å². The Morgan fingerprint density at radius 1 is 1.35 bits per heavy atom. The highest BCUT2D eigenvalue weighted by atomic mass is 32.2. The molecule has 0 spiro atoms. The normalized spacial score (nSPS) is 21.4. The van der Waals surface area contributed by atoms with Crippen LogP contribution in [0.1, 0.15) is 18.6 Å². The van der Waals surface area contributed by atoms with E-state index >= 15 is 0 Å². The minimum absolute atomic E-state index is 0.107. The second kappa shape index (κ2) is 7.81. The van der Waals surface area contributed by atoms with Crippen LogP contribution in [0, 0.1) is 0 Å². The van der Waals surface area contributed by atoms with Gasteiger partial charge in [-0.15, -0.1) is 10.2 Å². The lowest BCUT2D eigenvalue weighted by atomic mass is 10.2. The first kappa shape index (κ1) is 17.6. The first-order chi connectivity index (χ1) is 12.7. The van der Waals surface area contributed by atoms with Crippen LogP contribution in [0.25, 0.3) is 0 Å². The topological polar surface area (TPSA) is 79.4 Å². The Hall–Kier alpha value is -1.84. The molecule has 2 fully saturated rings. The van der Waals surface area contributed by atoms with Gasteiger partial charge in [0.1, 0.15) is 12.1 Å². The quantitative estimate of drug-likeness (QED) is 0.832. The van der Waals surface area contributed by atoms with E-state index in [1.807, 2.05) is 28.6 Å². The van der Waals surface area contributed by atoms with Crippen molar-refractivity contribution in [3.63, 3.8) is 0 Å². The fourth-order valence-electron chi connectivity index (χ4n) is 3.45. The fourth-order valence-corrected chi connectivity index (χ4v) is 4.20. The molecule has 4 heterocycles. The lowest BCUT2D eigenvalue weighted by molar-refractivity contribution is -0.133. The number of aromatic nitrogens is 3. The summed E-state index contributed by atoms with van der Waals surface area (Å²) in [4.78, 5) is 16.9. The van der Waals surface area contributed by atoms with Crippen LogP contribution in [0.4, 0.5) is 0 Å². The van der Waals surface area contributed by atoms with Crippen LogP contribution in [-0.2, 0) is 18.4 Å². The number of furan rings is 1. The highest BCUT2D eigenvalue weighted by Crippen LogP contribution is 2.27. The van der Waals surface area contributed by atoms with Crippen molar-refractivity contribution in [2.45, 2.75) is 35.7 Å². The molecule has 0 unspecified atom stereocenters. The van der Waals surface area contributed by atoms with Crippen LogP contribution in [0.5, 0.6) is 0 Å². The second-order valence-corrected chi connectivity index (χ2v) is 7.79. The first-order valence-corrected chi connectivity index (χ1v) is 9.86. The Morgan fingerprint density at radius 2 is 2.19 bits per heavy atom. The molecule has 0 bridgehead atoms. The number of aryl methyl sites for hydroxylation is 1. The van der Waals surface area contributed by atoms with Gasteiger partial charge in [0.05, 0.1) is 12.6 Å². The second-order valence-electron chi connectivity index (χ2n) is 6.82. The summed E-state index contributed by atoms with van der Waals surface area (Å²) in [5.41, 5.74) is 0. The SMILES string of the molecule is Cn1cnnc1Sc1ccc(CN2CCN[C@H](C(=O)N3CCCC3)C2)o1. The number of amides is 1. The van der Waals surface area contributed by atoms with E-state index in [-0.39, 0.29) is 11.9 Å². The Labute approximate surface area is 156 Å². The third kappa shape index (κ3) is 3.94. The molecular weight excluding hydrogens is 352 g/mol. The van der Waals surface area contributed by atoms with E-state index in [1.165, 1.54) is 11.8 Å². The van der Waals surface area contributed by atoms with Crippen LogP contribution in [0.2, 0.25) is 0 Å². The van der Waals surface area contributed by atoms with Crippen molar-refractivity contribution in [1.29, 1.82) is 0 Å². The maximum atomic E-state index is 12.6. The number of nitrogens with zero attached hydrogens (tertiary/aromatic N) is 5. The predicted molar refractivity (Wildman–Crippen MR) is 96.7 cm³/mol. The number of carbonyl (C=O) groups excluding carboxylic acids is 1. The molecule has 26 heavy (non-hydrogen) atoms. The third-order valence-electron chi connectivity index (χ3n) is 4.85. The Morgan fingerprint density at radius 3 is 2.96 bits per heavy atom. The summed E-state index contributed by atoms with van der Waals surface area (Å²) >= 11 is 1.46. The van der Waals surface area contributed by atoms with Gasteiger partial charge in [0.15, 0.2) is 10.2 Å². The number of piperazine rings is 1. The van der Waals surface area contributed by atoms with Crippen molar-refractivity contribution >= 4 is 17.7 Å². The zero-order valence-corrected chi connectivity index (χ0v) is 15.7. The summed E-state index contributed by atoms with van der Waals surface area (Å²) in [6.07, 6.45) is 3.92. The standard InChI is InChI=1S/C17H24N6O2S/c1-21-12-19-20-17(21)26-15-5-4-13(25-15)10-22-9-6-18-14(11-22)16(24)23-7-2-3-8-23/h4-5,12,14,18H,2-3,6-11H2,1H3/t14-/m0/s1. The molecule has 4 rings (SSSR count). The lowest BCUT2D eigenvalue weighted by Crippen LogP contribution is -2.57. The van der Waals surface area contributed by atoms with Crippen LogP contribution in [0.3, 0.4) is 0 Å². The molecule has 0 aliphatic carbocycles. The monoisotopic (exact) mass is 376 g/mol. The smallest absolute Gasteiger partial charge is 0.241 e. The summed E-state index contributed by atoms with van der Waals surface area (Å²) < 4.78 is 7.79. The molecule has 9 heteroatoms. The molecule has 2 saturated heterocycles. The lowest BCUT2D eigenvalue weighted by Gasteiger charge is -2.34. The van der Waals surface area contributed by atoms with Crippen LogP contribution in [-0.4, -0.2) is 69.2 Å². The van der Waals surface area contributed by atoms with E-state index in [0.29, 0.717) is 6.54 Å². The zero-order chi connectivity index (χ0) is 17.9. The number of hydrogen-bond donors (Lipinski definition) is 1. The molecule has 8 nitrogen and oxygen atoms in total. The molecule has 0 aromatic carbocycles. The van der Waals surface area contributed by atoms with E-state index in [1.54, 1.807) is 6.33 Å². The molecule has 1 atom stereocenters. The van der Waals surface area contributed by atoms with Crippen molar-refractivity contribution in [1.82, 2.24) is 29.9 Å². The maximum absolute atomic E-state index is 12.6.